The molecule has 1 aliphatic rings. The highest BCUT2D eigenvalue weighted by Crippen LogP contribution is 2.34. The van der Waals surface area contributed by atoms with Gasteiger partial charge in [0.2, 0.25) is 10.0 Å². The normalized spacial score (nSPS) is 26.7. The molecule has 0 bridgehead atoms. The molecule has 0 aliphatic heterocycles. The van der Waals surface area contributed by atoms with E-state index in [-0.39, 0.29) is 5.54 Å². The Balaban J connectivity index is 2.17. The van der Waals surface area contributed by atoms with E-state index in [1.807, 2.05) is 19.1 Å². The van der Waals surface area contributed by atoms with E-state index >= 15 is 0 Å². The Morgan fingerprint density at radius 1 is 1.24 bits per heavy atom. The quantitative estimate of drug-likeness (QED) is 0.897. The van der Waals surface area contributed by atoms with Gasteiger partial charge in [0.25, 0.3) is 0 Å². The number of aryl methyl sites for hydroxylation is 1. The molecule has 0 heterocycles. The monoisotopic (exact) mass is 309 g/mol. The molecule has 0 saturated heterocycles. The lowest BCUT2D eigenvalue weighted by Gasteiger charge is -2.40. The lowest BCUT2D eigenvalue weighted by atomic mass is 9.76. The lowest BCUT2D eigenvalue weighted by molar-refractivity contribution is 0.204. The Labute approximate surface area is 129 Å². The Kier molecular flexibility index (Phi) is 5.10. The summed E-state index contributed by atoms with van der Waals surface area (Å²) in [5.41, 5.74) is 0.868. The maximum absolute atomic E-state index is 12.6. The second kappa shape index (κ2) is 6.49. The van der Waals surface area contributed by atoms with Crippen molar-refractivity contribution in [3.63, 3.8) is 0 Å². The van der Waals surface area contributed by atoms with Gasteiger partial charge in [0, 0.05) is 5.54 Å². The zero-order valence-corrected chi connectivity index (χ0v) is 14.2. The third-order valence-corrected chi connectivity index (χ3v) is 6.44. The van der Waals surface area contributed by atoms with Crippen LogP contribution in [-0.4, -0.2) is 14.0 Å². The summed E-state index contributed by atoms with van der Waals surface area (Å²) in [5.74, 6) is 0.375. The minimum Gasteiger partial charge on any atom is -0.207 e. The molecule has 2 unspecified atom stereocenters. The van der Waals surface area contributed by atoms with Crippen molar-refractivity contribution in [2.24, 2.45) is 5.92 Å². The second-order valence-electron chi connectivity index (χ2n) is 6.56. The van der Waals surface area contributed by atoms with Crippen molar-refractivity contribution >= 4 is 10.0 Å². The highest BCUT2D eigenvalue weighted by molar-refractivity contribution is 7.89. The first kappa shape index (κ1) is 16.5. The van der Waals surface area contributed by atoms with Crippen molar-refractivity contribution in [1.82, 2.24) is 4.72 Å². The zero-order valence-electron chi connectivity index (χ0n) is 13.4. The minimum absolute atomic E-state index is 0.320. The van der Waals surface area contributed by atoms with Gasteiger partial charge < -0.3 is 0 Å². The van der Waals surface area contributed by atoms with Crippen LogP contribution in [0.3, 0.4) is 0 Å². The molecule has 1 aromatic rings. The molecule has 0 spiro atoms. The van der Waals surface area contributed by atoms with Gasteiger partial charge in [-0.25, -0.2) is 13.1 Å². The molecule has 21 heavy (non-hydrogen) atoms. The van der Waals surface area contributed by atoms with Gasteiger partial charge in [0.1, 0.15) is 0 Å². The summed E-state index contributed by atoms with van der Waals surface area (Å²) < 4.78 is 28.2. The SMILES string of the molecule is CCCc1ccc(S(=O)(=O)NC2(C)CCCCC2C)cc1. The van der Waals surface area contributed by atoms with Crippen LogP contribution in [0, 0.1) is 5.92 Å². The summed E-state index contributed by atoms with van der Waals surface area (Å²) in [7, 11) is -3.43. The van der Waals surface area contributed by atoms with Crippen molar-refractivity contribution in [3.8, 4) is 0 Å². The maximum Gasteiger partial charge on any atom is 0.241 e. The zero-order chi connectivity index (χ0) is 15.5. The molecule has 2 atom stereocenters. The minimum atomic E-state index is -3.43. The van der Waals surface area contributed by atoms with Crippen LogP contribution >= 0.6 is 0 Å². The summed E-state index contributed by atoms with van der Waals surface area (Å²) in [6.07, 6.45) is 6.36. The Hall–Kier alpha value is -0.870. The van der Waals surface area contributed by atoms with E-state index in [2.05, 4.69) is 18.6 Å². The number of hydrogen-bond donors (Lipinski definition) is 1. The topological polar surface area (TPSA) is 46.2 Å². The molecule has 0 aromatic heterocycles. The number of rotatable bonds is 5. The number of sulfonamides is 1. The van der Waals surface area contributed by atoms with Crippen LogP contribution < -0.4 is 4.72 Å². The van der Waals surface area contributed by atoms with E-state index in [1.54, 1.807) is 12.1 Å². The van der Waals surface area contributed by atoms with E-state index in [0.717, 1.165) is 32.1 Å². The fraction of sp³-hybridized carbons (Fsp3) is 0.647. The first-order valence-electron chi connectivity index (χ1n) is 8.00. The van der Waals surface area contributed by atoms with Gasteiger partial charge in [-0.3, -0.25) is 0 Å². The largest absolute Gasteiger partial charge is 0.241 e. The summed E-state index contributed by atoms with van der Waals surface area (Å²) in [4.78, 5) is 0.376. The van der Waals surface area contributed by atoms with Gasteiger partial charge in [0.15, 0.2) is 0 Å². The third-order valence-electron chi connectivity index (χ3n) is 4.81. The number of hydrogen-bond acceptors (Lipinski definition) is 2. The predicted molar refractivity (Wildman–Crippen MR) is 86.8 cm³/mol. The van der Waals surface area contributed by atoms with Crippen LogP contribution in [0.25, 0.3) is 0 Å². The first-order chi connectivity index (χ1) is 9.87. The van der Waals surface area contributed by atoms with Gasteiger partial charge in [0.05, 0.1) is 4.90 Å². The summed E-state index contributed by atoms with van der Waals surface area (Å²) >= 11 is 0. The van der Waals surface area contributed by atoms with Crippen LogP contribution in [0.1, 0.15) is 58.4 Å². The predicted octanol–water partition coefficient (Wildman–Crippen LogP) is 3.89. The standard InChI is InChI=1S/C17H27NO2S/c1-4-7-15-9-11-16(12-10-15)21(19,20)18-17(3)13-6-5-8-14(17)2/h9-12,14,18H,4-8,13H2,1-3H3. The molecule has 0 amide bonds. The molecule has 1 aliphatic carbocycles. The molecule has 118 valence electrons. The van der Waals surface area contributed by atoms with Crippen LogP contribution in [0.5, 0.6) is 0 Å². The average Bonchev–Trinajstić information content (AvgIpc) is 2.43. The van der Waals surface area contributed by atoms with Crippen LogP contribution in [-0.2, 0) is 16.4 Å². The first-order valence-corrected chi connectivity index (χ1v) is 9.48. The maximum atomic E-state index is 12.6. The van der Waals surface area contributed by atoms with E-state index in [0.29, 0.717) is 10.8 Å². The van der Waals surface area contributed by atoms with Crippen LogP contribution in [0.4, 0.5) is 0 Å². The van der Waals surface area contributed by atoms with Crippen molar-refractivity contribution in [3.05, 3.63) is 29.8 Å². The highest BCUT2D eigenvalue weighted by atomic mass is 32.2. The van der Waals surface area contributed by atoms with Gasteiger partial charge in [-0.2, -0.15) is 0 Å². The molecule has 1 N–H and O–H groups in total. The smallest absolute Gasteiger partial charge is 0.207 e. The fourth-order valence-corrected chi connectivity index (χ4v) is 4.68. The molecular formula is C17H27NO2S. The van der Waals surface area contributed by atoms with E-state index < -0.39 is 10.0 Å². The molecule has 2 rings (SSSR count). The molecule has 1 saturated carbocycles. The summed E-state index contributed by atoms with van der Waals surface area (Å²) in [6, 6.07) is 7.30. The number of nitrogens with one attached hydrogen (secondary N) is 1. The molecule has 3 nitrogen and oxygen atoms in total. The molecule has 1 aromatic carbocycles. The van der Waals surface area contributed by atoms with Crippen molar-refractivity contribution in [1.29, 1.82) is 0 Å². The van der Waals surface area contributed by atoms with Gasteiger partial charge in [-0.05, 0) is 49.8 Å². The van der Waals surface area contributed by atoms with E-state index in [1.165, 1.54) is 12.0 Å². The second-order valence-corrected chi connectivity index (χ2v) is 8.25. The summed E-state index contributed by atoms with van der Waals surface area (Å²) in [5, 5.41) is 0. The highest BCUT2D eigenvalue weighted by Gasteiger charge is 2.37. The van der Waals surface area contributed by atoms with Crippen molar-refractivity contribution < 1.29 is 8.42 Å². The van der Waals surface area contributed by atoms with Crippen molar-refractivity contribution in [2.75, 3.05) is 0 Å². The van der Waals surface area contributed by atoms with Gasteiger partial charge in [-0.1, -0.05) is 45.2 Å². The molecule has 4 heteroatoms. The van der Waals surface area contributed by atoms with E-state index in [9.17, 15) is 8.42 Å². The average molecular weight is 309 g/mol. The molecule has 0 radical (unpaired) electrons. The summed E-state index contributed by atoms with van der Waals surface area (Å²) in [6.45, 7) is 6.31. The fourth-order valence-electron chi connectivity index (χ4n) is 3.15. The Bertz CT molecular complexity index is 565. The van der Waals surface area contributed by atoms with Gasteiger partial charge >= 0.3 is 0 Å². The Morgan fingerprint density at radius 3 is 2.48 bits per heavy atom. The van der Waals surface area contributed by atoms with Crippen molar-refractivity contribution in [2.45, 2.75) is 69.7 Å². The van der Waals surface area contributed by atoms with E-state index in [4.69, 9.17) is 0 Å². The Morgan fingerprint density at radius 2 is 1.90 bits per heavy atom. The molecular weight excluding hydrogens is 282 g/mol. The lowest BCUT2D eigenvalue weighted by Crippen LogP contribution is -2.51. The number of benzene rings is 1. The van der Waals surface area contributed by atoms with Crippen LogP contribution in [0.2, 0.25) is 0 Å². The van der Waals surface area contributed by atoms with Crippen LogP contribution in [0.15, 0.2) is 29.2 Å². The third kappa shape index (κ3) is 3.86. The molecule has 1 fully saturated rings. The van der Waals surface area contributed by atoms with Gasteiger partial charge in [-0.15, -0.1) is 0 Å².